The SMILES string of the molecule is CCCN(C1CC1)S(=O)(=O)c1ccc(CNC2CC2)s1. The van der Waals surface area contributed by atoms with Gasteiger partial charge in [-0.05, 0) is 44.2 Å². The highest BCUT2D eigenvalue weighted by Gasteiger charge is 2.38. The number of hydrogen-bond acceptors (Lipinski definition) is 4. The maximum Gasteiger partial charge on any atom is 0.252 e. The van der Waals surface area contributed by atoms with Gasteiger partial charge in [-0.3, -0.25) is 0 Å². The van der Waals surface area contributed by atoms with Crippen molar-refractivity contribution in [3.05, 3.63) is 17.0 Å². The summed E-state index contributed by atoms with van der Waals surface area (Å²) in [6.45, 7) is 3.47. The van der Waals surface area contributed by atoms with Gasteiger partial charge in [-0.25, -0.2) is 8.42 Å². The summed E-state index contributed by atoms with van der Waals surface area (Å²) in [4.78, 5) is 1.11. The van der Waals surface area contributed by atoms with Gasteiger partial charge in [-0.15, -0.1) is 11.3 Å². The second kappa shape index (κ2) is 5.75. The molecule has 20 heavy (non-hydrogen) atoms. The highest BCUT2D eigenvalue weighted by Crippen LogP contribution is 2.34. The van der Waals surface area contributed by atoms with Gasteiger partial charge in [0, 0.05) is 30.1 Å². The lowest BCUT2D eigenvalue weighted by Gasteiger charge is -2.20. The van der Waals surface area contributed by atoms with Gasteiger partial charge >= 0.3 is 0 Å². The minimum absolute atomic E-state index is 0.245. The molecule has 0 aliphatic heterocycles. The Balaban J connectivity index is 1.71. The summed E-state index contributed by atoms with van der Waals surface area (Å²) in [5, 5.41) is 3.43. The van der Waals surface area contributed by atoms with Crippen LogP contribution in [0.4, 0.5) is 0 Å². The zero-order valence-electron chi connectivity index (χ0n) is 11.8. The minimum atomic E-state index is -3.28. The van der Waals surface area contributed by atoms with E-state index >= 15 is 0 Å². The molecule has 2 fully saturated rings. The molecule has 112 valence electrons. The third-order valence-corrected chi connectivity index (χ3v) is 7.24. The van der Waals surface area contributed by atoms with Crippen molar-refractivity contribution < 1.29 is 8.42 Å². The number of nitrogens with zero attached hydrogens (tertiary/aromatic N) is 1. The van der Waals surface area contributed by atoms with Crippen LogP contribution in [-0.2, 0) is 16.6 Å². The molecule has 1 N–H and O–H groups in total. The third-order valence-electron chi connectivity index (χ3n) is 3.74. The molecular formula is C14H22N2O2S2. The first-order valence-electron chi connectivity index (χ1n) is 7.45. The van der Waals surface area contributed by atoms with Gasteiger partial charge in [-0.2, -0.15) is 4.31 Å². The summed E-state index contributed by atoms with van der Waals surface area (Å²) >= 11 is 1.42. The Labute approximate surface area is 125 Å². The van der Waals surface area contributed by atoms with E-state index in [4.69, 9.17) is 0 Å². The number of hydrogen-bond donors (Lipinski definition) is 1. The molecule has 0 unspecified atom stereocenters. The standard InChI is InChI=1S/C14H22N2O2S2/c1-2-9-16(12-5-6-12)20(17,18)14-8-7-13(19-14)10-15-11-3-4-11/h7-8,11-12,15H,2-6,9-10H2,1H3. The fourth-order valence-electron chi connectivity index (χ4n) is 2.32. The quantitative estimate of drug-likeness (QED) is 0.802. The molecule has 1 aromatic rings. The monoisotopic (exact) mass is 314 g/mol. The molecule has 1 aromatic heterocycles. The zero-order chi connectivity index (χ0) is 14.2. The first-order chi connectivity index (χ1) is 9.61. The smallest absolute Gasteiger partial charge is 0.252 e. The number of rotatable bonds is 8. The van der Waals surface area contributed by atoms with E-state index in [1.54, 1.807) is 10.4 Å². The van der Waals surface area contributed by atoms with Crippen molar-refractivity contribution >= 4 is 21.4 Å². The Morgan fingerprint density at radius 2 is 2.05 bits per heavy atom. The number of sulfonamides is 1. The van der Waals surface area contributed by atoms with Crippen molar-refractivity contribution in [1.82, 2.24) is 9.62 Å². The third kappa shape index (κ3) is 3.24. The van der Waals surface area contributed by atoms with E-state index in [1.807, 2.05) is 13.0 Å². The molecule has 0 radical (unpaired) electrons. The predicted octanol–water partition coefficient (Wildman–Crippen LogP) is 2.56. The van der Waals surface area contributed by atoms with Gasteiger partial charge in [0.25, 0.3) is 10.0 Å². The summed E-state index contributed by atoms with van der Waals surface area (Å²) in [6, 6.07) is 4.62. The van der Waals surface area contributed by atoms with Crippen LogP contribution in [0, 0.1) is 0 Å². The van der Waals surface area contributed by atoms with Crippen LogP contribution < -0.4 is 5.32 Å². The maximum atomic E-state index is 12.7. The molecule has 1 heterocycles. The first kappa shape index (κ1) is 14.5. The van der Waals surface area contributed by atoms with Crippen molar-refractivity contribution in [2.75, 3.05) is 6.54 Å². The van der Waals surface area contributed by atoms with Gasteiger partial charge in [0.15, 0.2) is 0 Å². The van der Waals surface area contributed by atoms with Crippen molar-refractivity contribution in [2.24, 2.45) is 0 Å². The molecule has 6 heteroatoms. The summed E-state index contributed by atoms with van der Waals surface area (Å²) in [5.41, 5.74) is 0. The van der Waals surface area contributed by atoms with Crippen LogP contribution >= 0.6 is 11.3 Å². The Morgan fingerprint density at radius 1 is 1.30 bits per heavy atom. The van der Waals surface area contributed by atoms with Crippen LogP contribution in [0.5, 0.6) is 0 Å². The van der Waals surface area contributed by atoms with Gasteiger partial charge in [-0.1, -0.05) is 6.92 Å². The molecule has 0 saturated heterocycles. The minimum Gasteiger partial charge on any atom is -0.309 e. The van der Waals surface area contributed by atoms with E-state index in [9.17, 15) is 8.42 Å². The molecule has 0 spiro atoms. The van der Waals surface area contributed by atoms with Crippen LogP contribution in [0.2, 0.25) is 0 Å². The second-order valence-corrected chi connectivity index (χ2v) is 9.01. The highest BCUT2D eigenvalue weighted by molar-refractivity contribution is 7.91. The molecular weight excluding hydrogens is 292 g/mol. The molecule has 0 atom stereocenters. The largest absolute Gasteiger partial charge is 0.309 e. The molecule has 2 aliphatic carbocycles. The number of nitrogens with one attached hydrogen (secondary N) is 1. The Bertz CT molecular complexity index is 559. The molecule has 0 bridgehead atoms. The van der Waals surface area contributed by atoms with Gasteiger partial charge < -0.3 is 5.32 Å². The fourth-order valence-corrected chi connectivity index (χ4v) is 5.53. The van der Waals surface area contributed by atoms with Crippen molar-refractivity contribution in [1.29, 1.82) is 0 Å². The summed E-state index contributed by atoms with van der Waals surface area (Å²) in [5.74, 6) is 0. The van der Waals surface area contributed by atoms with Crippen LogP contribution in [0.3, 0.4) is 0 Å². The van der Waals surface area contributed by atoms with E-state index in [0.717, 1.165) is 30.7 Å². The molecule has 3 rings (SSSR count). The second-order valence-electron chi connectivity index (χ2n) is 5.72. The van der Waals surface area contributed by atoms with Crippen molar-refractivity contribution in [3.63, 3.8) is 0 Å². The highest BCUT2D eigenvalue weighted by atomic mass is 32.2. The van der Waals surface area contributed by atoms with E-state index in [1.165, 1.54) is 24.2 Å². The van der Waals surface area contributed by atoms with E-state index in [-0.39, 0.29) is 6.04 Å². The first-order valence-corrected chi connectivity index (χ1v) is 9.71. The predicted molar refractivity (Wildman–Crippen MR) is 81.4 cm³/mol. The molecule has 0 aromatic carbocycles. The van der Waals surface area contributed by atoms with Crippen LogP contribution in [-0.4, -0.2) is 31.4 Å². The van der Waals surface area contributed by atoms with E-state index < -0.39 is 10.0 Å². The van der Waals surface area contributed by atoms with Crippen LogP contribution in [0.1, 0.15) is 43.9 Å². The Kier molecular flexibility index (Phi) is 4.17. The average molecular weight is 314 g/mol. The Hall–Kier alpha value is -0.430. The molecule has 0 amide bonds. The van der Waals surface area contributed by atoms with Crippen LogP contribution in [0.25, 0.3) is 0 Å². The molecule has 2 aliphatic rings. The lowest BCUT2D eigenvalue weighted by Crippen LogP contribution is -2.33. The van der Waals surface area contributed by atoms with Gasteiger partial charge in [0.1, 0.15) is 4.21 Å². The number of thiophene rings is 1. The molecule has 2 saturated carbocycles. The summed E-state index contributed by atoms with van der Waals surface area (Å²) in [7, 11) is -3.28. The lowest BCUT2D eigenvalue weighted by atomic mass is 10.4. The molecule has 4 nitrogen and oxygen atoms in total. The van der Waals surface area contributed by atoms with Crippen molar-refractivity contribution in [2.45, 2.75) is 61.9 Å². The topological polar surface area (TPSA) is 49.4 Å². The van der Waals surface area contributed by atoms with E-state index in [2.05, 4.69) is 5.32 Å². The summed E-state index contributed by atoms with van der Waals surface area (Å²) in [6.07, 6.45) is 5.41. The average Bonchev–Trinajstić information content (AvgIpc) is 3.33. The summed E-state index contributed by atoms with van der Waals surface area (Å²) < 4.78 is 27.6. The van der Waals surface area contributed by atoms with Crippen LogP contribution in [0.15, 0.2) is 16.3 Å². The lowest BCUT2D eigenvalue weighted by molar-refractivity contribution is 0.404. The van der Waals surface area contributed by atoms with E-state index in [0.29, 0.717) is 16.8 Å². The van der Waals surface area contributed by atoms with Gasteiger partial charge in [0.05, 0.1) is 0 Å². The maximum absolute atomic E-state index is 12.7. The fraction of sp³-hybridized carbons (Fsp3) is 0.714. The zero-order valence-corrected chi connectivity index (χ0v) is 13.5. The normalized spacial score (nSPS) is 19.7. The van der Waals surface area contributed by atoms with Crippen molar-refractivity contribution in [3.8, 4) is 0 Å². The van der Waals surface area contributed by atoms with Gasteiger partial charge in [0.2, 0.25) is 0 Å². The Morgan fingerprint density at radius 3 is 2.65 bits per heavy atom.